The molecule has 178 valence electrons. The minimum absolute atomic E-state index is 0.191. The molecule has 33 heavy (non-hydrogen) atoms. The highest BCUT2D eigenvalue weighted by molar-refractivity contribution is 6.31. The van der Waals surface area contributed by atoms with E-state index in [0.717, 1.165) is 30.4 Å². The fourth-order valence-electron chi connectivity index (χ4n) is 4.18. The van der Waals surface area contributed by atoms with E-state index >= 15 is 0 Å². The van der Waals surface area contributed by atoms with Crippen LogP contribution in [0, 0.1) is 6.92 Å². The van der Waals surface area contributed by atoms with Gasteiger partial charge in [-0.25, -0.2) is 4.79 Å². The lowest BCUT2D eigenvalue weighted by molar-refractivity contribution is -0.163. The molecule has 3 heterocycles. The number of aromatic nitrogens is 4. The predicted octanol–water partition coefficient (Wildman–Crippen LogP) is 2.88. The number of rotatable bonds is 8. The minimum atomic E-state index is -0.393. The summed E-state index contributed by atoms with van der Waals surface area (Å²) in [7, 11) is 3.38. The lowest BCUT2D eigenvalue weighted by Crippen LogP contribution is -2.40. The molecule has 0 bridgehead atoms. The van der Waals surface area contributed by atoms with Gasteiger partial charge in [0.1, 0.15) is 0 Å². The number of imidazole rings is 1. The van der Waals surface area contributed by atoms with E-state index < -0.39 is 5.69 Å². The van der Waals surface area contributed by atoms with Crippen LogP contribution < -0.4 is 16.6 Å². The molecule has 1 atom stereocenters. The van der Waals surface area contributed by atoms with Crippen molar-refractivity contribution >= 4 is 28.7 Å². The van der Waals surface area contributed by atoms with Crippen LogP contribution in [0.1, 0.15) is 36.8 Å². The molecule has 4 rings (SSSR count). The van der Waals surface area contributed by atoms with Crippen molar-refractivity contribution in [2.45, 2.75) is 52.0 Å². The number of anilines is 1. The van der Waals surface area contributed by atoms with E-state index in [0.29, 0.717) is 48.3 Å². The average molecular weight is 476 g/mol. The number of fused-ring (bicyclic) bond motifs is 1. The third kappa shape index (κ3) is 4.85. The van der Waals surface area contributed by atoms with Gasteiger partial charge in [0.15, 0.2) is 17.5 Å². The topological polar surface area (TPSA) is 92.3 Å². The molecule has 0 saturated carbocycles. The zero-order valence-corrected chi connectivity index (χ0v) is 20.0. The molecule has 10 heteroatoms. The van der Waals surface area contributed by atoms with Crippen molar-refractivity contribution in [3.63, 3.8) is 0 Å². The molecule has 3 aromatic rings. The number of hydrogen-bond donors (Lipinski definition) is 1. The minimum Gasteiger partial charge on any atom is -0.359 e. The fraction of sp³-hybridized carbons (Fsp3) is 0.522. The molecule has 1 saturated heterocycles. The van der Waals surface area contributed by atoms with E-state index in [2.05, 4.69) is 10.3 Å². The summed E-state index contributed by atoms with van der Waals surface area (Å²) >= 11 is 6.17. The highest BCUT2D eigenvalue weighted by atomic mass is 35.5. The van der Waals surface area contributed by atoms with E-state index in [1.54, 1.807) is 14.1 Å². The van der Waals surface area contributed by atoms with E-state index in [-0.39, 0.29) is 18.4 Å². The Morgan fingerprint density at radius 3 is 2.79 bits per heavy atom. The first kappa shape index (κ1) is 23.5. The van der Waals surface area contributed by atoms with Crippen molar-refractivity contribution in [1.29, 1.82) is 0 Å². The number of nitrogens with one attached hydrogen (secondary N) is 1. The molecule has 1 N–H and O–H groups in total. The second-order valence-electron chi connectivity index (χ2n) is 8.35. The highest BCUT2D eigenvalue weighted by Gasteiger charge is 2.20. The molecule has 2 aromatic heterocycles. The lowest BCUT2D eigenvalue weighted by atomic mass is 10.1. The van der Waals surface area contributed by atoms with Crippen molar-refractivity contribution in [2.75, 3.05) is 25.6 Å². The Hall–Kier alpha value is -2.62. The first-order valence-electron chi connectivity index (χ1n) is 11.3. The Morgan fingerprint density at radius 2 is 2.09 bits per heavy atom. The monoisotopic (exact) mass is 475 g/mol. The van der Waals surface area contributed by atoms with Crippen LogP contribution >= 0.6 is 11.6 Å². The van der Waals surface area contributed by atoms with Gasteiger partial charge in [0.25, 0.3) is 5.56 Å². The molecule has 1 aliphatic heterocycles. The first-order chi connectivity index (χ1) is 15.9. The van der Waals surface area contributed by atoms with Crippen LogP contribution in [0.2, 0.25) is 5.02 Å². The predicted molar refractivity (Wildman–Crippen MR) is 128 cm³/mol. The second-order valence-corrected chi connectivity index (χ2v) is 8.75. The summed E-state index contributed by atoms with van der Waals surface area (Å²) in [6.07, 6.45) is 3.37. The Morgan fingerprint density at radius 1 is 1.27 bits per heavy atom. The molecule has 1 aliphatic rings. The number of benzene rings is 1. The maximum Gasteiger partial charge on any atom is 0.332 e. The zero-order valence-electron chi connectivity index (χ0n) is 19.3. The van der Waals surface area contributed by atoms with Gasteiger partial charge < -0.3 is 14.8 Å². The third-order valence-electron chi connectivity index (χ3n) is 5.99. The molecular weight excluding hydrogens is 446 g/mol. The Kier molecular flexibility index (Phi) is 7.21. The zero-order chi connectivity index (χ0) is 23.5. The van der Waals surface area contributed by atoms with Gasteiger partial charge in [-0.3, -0.25) is 18.5 Å². The summed E-state index contributed by atoms with van der Waals surface area (Å²) in [6.45, 7) is 3.75. The lowest BCUT2D eigenvalue weighted by Gasteiger charge is -2.22. The van der Waals surface area contributed by atoms with Crippen LogP contribution in [0.15, 0.2) is 27.8 Å². The van der Waals surface area contributed by atoms with Crippen molar-refractivity contribution in [3.05, 3.63) is 55.2 Å². The quantitative estimate of drug-likeness (QED) is 0.504. The Balaban J connectivity index is 1.64. The molecule has 0 radical (unpaired) electrons. The summed E-state index contributed by atoms with van der Waals surface area (Å²) in [5, 5.41) is 3.73. The standard InChI is InChI=1S/C23H30ClN5O4/c1-15-13-16(8-9-17(15)24)14-29-19-20(26-22(29)25-2)27(3)23(31)28(21(19)30)10-6-12-33-18-7-4-5-11-32-18/h8-9,13,18H,4-7,10-12,14H2,1-3H3,(H,25,26). The van der Waals surface area contributed by atoms with Crippen molar-refractivity contribution in [1.82, 2.24) is 18.7 Å². The Bertz CT molecular complexity index is 1260. The van der Waals surface area contributed by atoms with Gasteiger partial charge in [-0.15, -0.1) is 0 Å². The number of aryl methyl sites for hydroxylation is 2. The normalized spacial score (nSPS) is 16.4. The molecule has 0 aliphatic carbocycles. The van der Waals surface area contributed by atoms with Crippen molar-refractivity contribution < 1.29 is 9.47 Å². The summed E-state index contributed by atoms with van der Waals surface area (Å²) in [6, 6.07) is 5.75. The van der Waals surface area contributed by atoms with E-state index in [1.807, 2.05) is 29.7 Å². The highest BCUT2D eigenvalue weighted by Crippen LogP contribution is 2.21. The summed E-state index contributed by atoms with van der Waals surface area (Å²) in [4.78, 5) is 30.9. The van der Waals surface area contributed by atoms with Crippen molar-refractivity contribution in [2.24, 2.45) is 7.05 Å². The van der Waals surface area contributed by atoms with Crippen LogP contribution in [0.3, 0.4) is 0 Å². The largest absolute Gasteiger partial charge is 0.359 e. The average Bonchev–Trinajstić information content (AvgIpc) is 3.18. The summed E-state index contributed by atoms with van der Waals surface area (Å²) in [5.74, 6) is 0.514. The van der Waals surface area contributed by atoms with E-state index in [4.69, 9.17) is 21.1 Å². The second kappa shape index (κ2) is 10.1. The van der Waals surface area contributed by atoms with Crippen LogP contribution in [-0.2, 0) is 29.6 Å². The first-order valence-corrected chi connectivity index (χ1v) is 11.6. The van der Waals surface area contributed by atoms with Crippen molar-refractivity contribution in [3.8, 4) is 0 Å². The molecule has 9 nitrogen and oxygen atoms in total. The molecular formula is C23H30ClN5O4. The maximum absolute atomic E-state index is 13.4. The van der Waals surface area contributed by atoms with Gasteiger partial charge in [0.05, 0.1) is 13.2 Å². The van der Waals surface area contributed by atoms with Crippen LogP contribution in [0.5, 0.6) is 0 Å². The van der Waals surface area contributed by atoms with Crippen LogP contribution in [0.25, 0.3) is 11.2 Å². The Labute approximate surface area is 196 Å². The van der Waals surface area contributed by atoms with Crippen LogP contribution in [0.4, 0.5) is 5.95 Å². The van der Waals surface area contributed by atoms with Gasteiger partial charge in [-0.05, 0) is 49.8 Å². The third-order valence-corrected chi connectivity index (χ3v) is 6.41. The molecule has 0 spiro atoms. The number of hydrogen-bond acceptors (Lipinski definition) is 6. The SMILES string of the molecule is CNc1nc2c(c(=O)n(CCCOC3CCCCO3)c(=O)n2C)n1Cc1ccc(Cl)c(C)c1. The molecule has 1 unspecified atom stereocenters. The van der Waals surface area contributed by atoms with Gasteiger partial charge in [-0.2, -0.15) is 4.98 Å². The van der Waals surface area contributed by atoms with E-state index in [9.17, 15) is 9.59 Å². The van der Waals surface area contributed by atoms with E-state index in [1.165, 1.54) is 9.13 Å². The summed E-state index contributed by atoms with van der Waals surface area (Å²) < 4.78 is 15.8. The number of halogens is 1. The van der Waals surface area contributed by atoms with Crippen LogP contribution in [-0.4, -0.2) is 45.2 Å². The molecule has 1 fully saturated rings. The molecule has 0 amide bonds. The van der Waals surface area contributed by atoms with Gasteiger partial charge in [0.2, 0.25) is 5.95 Å². The fourth-order valence-corrected chi connectivity index (χ4v) is 4.30. The number of nitrogens with zero attached hydrogens (tertiary/aromatic N) is 4. The number of ether oxygens (including phenoxy) is 2. The van der Waals surface area contributed by atoms with Gasteiger partial charge >= 0.3 is 5.69 Å². The van der Waals surface area contributed by atoms with Gasteiger partial charge in [-0.1, -0.05) is 23.7 Å². The smallest absolute Gasteiger partial charge is 0.332 e. The summed E-state index contributed by atoms with van der Waals surface area (Å²) in [5.41, 5.74) is 1.91. The van der Waals surface area contributed by atoms with Gasteiger partial charge in [0, 0.05) is 32.3 Å². The molecule has 1 aromatic carbocycles. The maximum atomic E-state index is 13.4.